The molecule has 5 rings (SSSR count). The van der Waals surface area contributed by atoms with Crippen molar-refractivity contribution in [2.45, 2.75) is 38.5 Å². The summed E-state index contributed by atoms with van der Waals surface area (Å²) in [6, 6.07) is 19.3. The Morgan fingerprint density at radius 3 is 2.07 bits per heavy atom. The number of fused-ring (bicyclic) bond motifs is 4. The molecule has 0 saturated carbocycles. The van der Waals surface area contributed by atoms with Gasteiger partial charge in [0.15, 0.2) is 0 Å². The van der Waals surface area contributed by atoms with Crippen LogP contribution in [0, 0.1) is 0 Å². The zero-order valence-corrected chi connectivity index (χ0v) is 16.1. The lowest BCUT2D eigenvalue weighted by Gasteiger charge is -2.09. The first-order valence-electron chi connectivity index (χ1n) is 10.4. The van der Waals surface area contributed by atoms with E-state index in [0.717, 1.165) is 41.8 Å². The zero-order chi connectivity index (χ0) is 18.9. The summed E-state index contributed by atoms with van der Waals surface area (Å²) in [6.45, 7) is 0.812. The molecule has 0 radical (unpaired) electrons. The third-order valence-electron chi connectivity index (χ3n) is 5.86. The molecule has 4 aromatic rings. The summed E-state index contributed by atoms with van der Waals surface area (Å²) < 4.78 is 0. The monoisotopic (exact) mass is 367 g/mol. The molecule has 0 aliphatic heterocycles. The van der Waals surface area contributed by atoms with Gasteiger partial charge in [-0.3, -0.25) is 0 Å². The van der Waals surface area contributed by atoms with Crippen LogP contribution in [0.3, 0.4) is 0 Å². The molecule has 0 bridgehead atoms. The number of aryl methyl sites for hydroxylation is 1. The van der Waals surface area contributed by atoms with Crippen LogP contribution >= 0.6 is 0 Å². The fourth-order valence-corrected chi connectivity index (χ4v) is 4.45. The first-order chi connectivity index (χ1) is 13.9. The van der Waals surface area contributed by atoms with Crippen molar-refractivity contribution < 1.29 is 0 Å². The van der Waals surface area contributed by atoms with Crippen molar-refractivity contribution >= 4 is 21.8 Å². The third-order valence-corrected chi connectivity index (χ3v) is 5.86. The van der Waals surface area contributed by atoms with E-state index in [4.69, 9.17) is 15.7 Å². The van der Waals surface area contributed by atoms with E-state index in [-0.39, 0.29) is 0 Å². The molecule has 140 valence electrons. The van der Waals surface area contributed by atoms with Crippen molar-refractivity contribution in [3.8, 4) is 22.5 Å². The summed E-state index contributed by atoms with van der Waals surface area (Å²) >= 11 is 0. The number of para-hydroxylation sites is 2. The van der Waals surface area contributed by atoms with E-state index >= 15 is 0 Å². The second-order valence-corrected chi connectivity index (χ2v) is 7.72. The molecule has 1 aromatic heterocycles. The van der Waals surface area contributed by atoms with Crippen molar-refractivity contribution in [1.29, 1.82) is 0 Å². The first kappa shape index (κ1) is 17.3. The van der Waals surface area contributed by atoms with Crippen LogP contribution in [-0.4, -0.2) is 16.5 Å². The summed E-state index contributed by atoms with van der Waals surface area (Å²) in [5, 5.41) is 2.69. The molecule has 3 heteroatoms. The number of hydrogen-bond acceptors (Lipinski definition) is 3. The van der Waals surface area contributed by atoms with Crippen LogP contribution < -0.4 is 5.73 Å². The number of benzene rings is 3. The Bertz CT molecular complexity index is 1110. The Kier molecular flexibility index (Phi) is 4.53. The van der Waals surface area contributed by atoms with Gasteiger partial charge in [-0.2, -0.15) is 0 Å². The van der Waals surface area contributed by atoms with Gasteiger partial charge in [-0.15, -0.1) is 0 Å². The van der Waals surface area contributed by atoms with Gasteiger partial charge in [0.2, 0.25) is 0 Å². The van der Waals surface area contributed by atoms with Gasteiger partial charge in [0.1, 0.15) is 0 Å². The van der Waals surface area contributed by atoms with Gasteiger partial charge in [-0.1, -0.05) is 61.7 Å². The highest BCUT2D eigenvalue weighted by Crippen LogP contribution is 2.46. The molecule has 1 aliphatic carbocycles. The summed E-state index contributed by atoms with van der Waals surface area (Å²) in [4.78, 5) is 9.91. The molecule has 0 unspecified atom stereocenters. The highest BCUT2D eigenvalue weighted by molar-refractivity contribution is 6.15. The van der Waals surface area contributed by atoms with E-state index in [0.29, 0.717) is 0 Å². The Hall–Kier alpha value is -2.78. The molecular weight excluding hydrogens is 342 g/mol. The third kappa shape index (κ3) is 2.87. The molecule has 0 atom stereocenters. The normalized spacial score (nSPS) is 12.0. The summed E-state index contributed by atoms with van der Waals surface area (Å²) in [6.07, 6.45) is 7.31. The molecule has 0 fully saturated rings. The Balaban J connectivity index is 1.51. The van der Waals surface area contributed by atoms with Gasteiger partial charge < -0.3 is 5.73 Å². The molecule has 1 aliphatic rings. The lowest BCUT2D eigenvalue weighted by atomic mass is 9.95. The number of rotatable bonds is 7. The van der Waals surface area contributed by atoms with Crippen molar-refractivity contribution in [3.05, 3.63) is 60.2 Å². The fraction of sp³-hybridized carbons (Fsp3) is 0.280. The van der Waals surface area contributed by atoms with Gasteiger partial charge in [0, 0.05) is 16.5 Å². The lowest BCUT2D eigenvalue weighted by molar-refractivity contribution is 0.619. The van der Waals surface area contributed by atoms with Gasteiger partial charge in [0.05, 0.1) is 22.4 Å². The molecule has 28 heavy (non-hydrogen) atoms. The molecule has 0 amide bonds. The number of nitrogens with zero attached hydrogens (tertiary/aromatic N) is 2. The van der Waals surface area contributed by atoms with Crippen LogP contribution in [-0.2, 0) is 6.42 Å². The van der Waals surface area contributed by atoms with E-state index in [9.17, 15) is 0 Å². The van der Waals surface area contributed by atoms with Gasteiger partial charge >= 0.3 is 0 Å². The lowest BCUT2D eigenvalue weighted by Crippen LogP contribution is -1.97. The maximum Gasteiger partial charge on any atom is 0.0979 e. The highest BCUT2D eigenvalue weighted by Gasteiger charge is 2.25. The van der Waals surface area contributed by atoms with Crippen LogP contribution in [0.4, 0.5) is 0 Å². The van der Waals surface area contributed by atoms with Crippen LogP contribution in [0.5, 0.6) is 0 Å². The molecule has 3 nitrogen and oxygen atoms in total. The number of aromatic nitrogens is 2. The average Bonchev–Trinajstić information content (AvgIpc) is 3.05. The second kappa shape index (κ2) is 7.33. The fourth-order valence-electron chi connectivity index (χ4n) is 4.45. The van der Waals surface area contributed by atoms with E-state index < -0.39 is 0 Å². The first-order valence-corrected chi connectivity index (χ1v) is 10.4. The van der Waals surface area contributed by atoms with Crippen molar-refractivity contribution in [3.63, 3.8) is 0 Å². The Morgan fingerprint density at radius 2 is 1.32 bits per heavy atom. The molecule has 2 N–H and O–H groups in total. The maximum absolute atomic E-state index is 5.59. The molecule has 1 heterocycles. The molecule has 3 aromatic carbocycles. The van der Waals surface area contributed by atoms with E-state index in [1.807, 2.05) is 24.3 Å². The molecule has 0 saturated heterocycles. The van der Waals surface area contributed by atoms with E-state index in [2.05, 4.69) is 30.3 Å². The summed E-state index contributed by atoms with van der Waals surface area (Å²) in [5.74, 6) is 0. The van der Waals surface area contributed by atoms with Crippen LogP contribution in [0.25, 0.3) is 44.3 Å². The number of nitrogens with two attached hydrogens (primary N) is 1. The minimum atomic E-state index is 0.812. The highest BCUT2D eigenvalue weighted by atomic mass is 14.8. The Morgan fingerprint density at radius 1 is 0.643 bits per heavy atom. The van der Waals surface area contributed by atoms with Gasteiger partial charge in [0.25, 0.3) is 0 Å². The largest absolute Gasteiger partial charge is 0.330 e. The topological polar surface area (TPSA) is 51.8 Å². The van der Waals surface area contributed by atoms with Crippen LogP contribution in [0.2, 0.25) is 0 Å². The minimum Gasteiger partial charge on any atom is -0.330 e. The smallest absolute Gasteiger partial charge is 0.0979 e. The number of unbranched alkanes of at least 4 members (excludes halogenated alkanes) is 4. The average molecular weight is 367 g/mol. The number of hydrogen-bond donors (Lipinski definition) is 1. The maximum atomic E-state index is 5.59. The summed E-state index contributed by atoms with van der Waals surface area (Å²) in [7, 11) is 0. The van der Waals surface area contributed by atoms with Crippen molar-refractivity contribution in [2.24, 2.45) is 5.73 Å². The predicted molar refractivity (Wildman–Crippen MR) is 117 cm³/mol. The summed E-state index contributed by atoms with van der Waals surface area (Å²) in [5.41, 5.74) is 13.5. The SMILES string of the molecule is NCCCCCCCc1ccc2c3c(cccc13)-c1nc3ccccc3nc1-2. The standard InChI is InChI=1S/C25H25N3/c26-16-7-3-1-2-4-9-17-14-15-20-23-18(17)10-8-11-19(23)24-25(20)28-22-13-6-5-12-21(22)27-24/h5-6,8,10-15H,1-4,7,9,16,26H2. The predicted octanol–water partition coefficient (Wildman–Crippen LogP) is 5.88. The van der Waals surface area contributed by atoms with Crippen molar-refractivity contribution in [2.75, 3.05) is 6.54 Å². The van der Waals surface area contributed by atoms with Crippen molar-refractivity contribution in [1.82, 2.24) is 9.97 Å². The van der Waals surface area contributed by atoms with E-state index in [1.54, 1.807) is 0 Å². The second-order valence-electron chi connectivity index (χ2n) is 7.72. The van der Waals surface area contributed by atoms with Crippen LogP contribution in [0.1, 0.15) is 37.7 Å². The van der Waals surface area contributed by atoms with Gasteiger partial charge in [-0.25, -0.2) is 9.97 Å². The van der Waals surface area contributed by atoms with Gasteiger partial charge in [-0.05, 0) is 48.9 Å². The zero-order valence-electron chi connectivity index (χ0n) is 16.1. The Labute approximate surface area is 165 Å². The quantitative estimate of drug-likeness (QED) is 0.365. The molecular formula is C25H25N3. The van der Waals surface area contributed by atoms with E-state index in [1.165, 1.54) is 53.1 Å². The van der Waals surface area contributed by atoms with Crippen LogP contribution in [0.15, 0.2) is 54.6 Å². The minimum absolute atomic E-state index is 0.812. The molecule has 0 spiro atoms.